The lowest BCUT2D eigenvalue weighted by Gasteiger charge is -2.31. The van der Waals surface area contributed by atoms with Gasteiger partial charge in [0.05, 0.1) is 0 Å². The fourth-order valence-electron chi connectivity index (χ4n) is 2.72. The molecule has 0 bridgehead atoms. The Balaban J connectivity index is 1.82. The highest BCUT2D eigenvalue weighted by Gasteiger charge is 2.25. The van der Waals surface area contributed by atoms with Gasteiger partial charge >= 0.3 is 6.09 Å². The van der Waals surface area contributed by atoms with Crippen LogP contribution in [-0.4, -0.2) is 30.8 Å². The molecule has 2 rings (SSSR count). The topological polar surface area (TPSA) is 50.4 Å². The quantitative estimate of drug-likeness (QED) is 0.900. The van der Waals surface area contributed by atoms with Crippen LogP contribution in [0.5, 0.6) is 0 Å². The molecular weight excluding hydrogens is 264 g/mol. The van der Waals surface area contributed by atoms with E-state index >= 15 is 0 Å². The van der Waals surface area contributed by atoms with Crippen LogP contribution in [0.1, 0.15) is 32.8 Å². The number of piperidine rings is 1. The van der Waals surface area contributed by atoms with Crippen LogP contribution in [0.4, 0.5) is 4.79 Å². The van der Waals surface area contributed by atoms with Crippen LogP contribution < -0.4 is 10.6 Å². The second-order valence-electron chi connectivity index (χ2n) is 6.79. The highest BCUT2D eigenvalue weighted by molar-refractivity contribution is 5.68. The maximum Gasteiger partial charge on any atom is 0.407 e. The summed E-state index contributed by atoms with van der Waals surface area (Å²) in [5.41, 5.74) is 0.900. The highest BCUT2D eigenvalue weighted by Crippen LogP contribution is 2.17. The van der Waals surface area contributed by atoms with Crippen LogP contribution in [0.3, 0.4) is 0 Å². The summed E-state index contributed by atoms with van der Waals surface area (Å²) in [7, 11) is 0. The average Bonchev–Trinajstić information content (AvgIpc) is 2.38. The predicted octanol–water partition coefficient (Wildman–Crippen LogP) is 2.73. The van der Waals surface area contributed by atoms with Crippen LogP contribution in [0, 0.1) is 5.92 Å². The van der Waals surface area contributed by atoms with Gasteiger partial charge in [-0.3, -0.25) is 0 Å². The van der Waals surface area contributed by atoms with Crippen LogP contribution in [-0.2, 0) is 11.2 Å². The zero-order chi connectivity index (χ0) is 15.3. The lowest BCUT2D eigenvalue weighted by Crippen LogP contribution is -2.50. The molecule has 2 N–H and O–H groups in total. The molecule has 4 heteroatoms. The molecule has 21 heavy (non-hydrogen) atoms. The molecule has 0 aliphatic carbocycles. The first-order valence-electron chi connectivity index (χ1n) is 7.66. The van der Waals surface area contributed by atoms with Crippen LogP contribution in [0.2, 0.25) is 0 Å². The third-order valence-corrected chi connectivity index (χ3v) is 3.53. The van der Waals surface area contributed by atoms with E-state index in [0.717, 1.165) is 25.9 Å². The molecule has 2 atom stereocenters. The van der Waals surface area contributed by atoms with Crippen molar-refractivity contribution in [3.63, 3.8) is 0 Å². The highest BCUT2D eigenvalue weighted by atomic mass is 16.6. The zero-order valence-electron chi connectivity index (χ0n) is 13.2. The van der Waals surface area contributed by atoms with Crippen molar-refractivity contribution in [1.29, 1.82) is 0 Å². The molecule has 0 saturated carbocycles. The molecule has 0 radical (unpaired) electrons. The number of alkyl carbamates (subject to hydrolysis) is 1. The van der Waals surface area contributed by atoms with Gasteiger partial charge in [0.15, 0.2) is 0 Å². The van der Waals surface area contributed by atoms with E-state index in [1.54, 1.807) is 0 Å². The van der Waals surface area contributed by atoms with Gasteiger partial charge in [-0.05, 0) is 51.6 Å². The minimum atomic E-state index is -0.449. The van der Waals surface area contributed by atoms with Crippen molar-refractivity contribution in [2.45, 2.75) is 45.3 Å². The Morgan fingerprint density at radius 2 is 2.00 bits per heavy atom. The molecule has 0 unspecified atom stereocenters. The van der Waals surface area contributed by atoms with E-state index in [4.69, 9.17) is 4.74 Å². The van der Waals surface area contributed by atoms with Crippen molar-refractivity contribution < 1.29 is 9.53 Å². The Morgan fingerprint density at radius 1 is 1.29 bits per heavy atom. The average molecular weight is 290 g/mol. The number of hydrogen-bond donors (Lipinski definition) is 2. The van der Waals surface area contributed by atoms with Gasteiger partial charge in [-0.15, -0.1) is 0 Å². The summed E-state index contributed by atoms with van der Waals surface area (Å²) in [5.74, 6) is 0.543. The SMILES string of the molecule is CC(C)(C)OC(=O)N[C@@H]1CNC[C@@H](Cc2ccccc2)C1. The number of benzene rings is 1. The van der Waals surface area contributed by atoms with Crippen molar-refractivity contribution in [2.24, 2.45) is 5.92 Å². The van der Waals surface area contributed by atoms with E-state index in [2.05, 4.69) is 34.9 Å². The van der Waals surface area contributed by atoms with Crippen molar-refractivity contribution in [3.05, 3.63) is 35.9 Å². The van der Waals surface area contributed by atoms with Crippen molar-refractivity contribution in [2.75, 3.05) is 13.1 Å². The minimum Gasteiger partial charge on any atom is -0.444 e. The first-order chi connectivity index (χ1) is 9.92. The molecule has 1 amide bonds. The maximum absolute atomic E-state index is 11.8. The molecule has 1 heterocycles. The van der Waals surface area contributed by atoms with E-state index in [1.165, 1.54) is 5.56 Å². The Morgan fingerprint density at radius 3 is 2.67 bits per heavy atom. The first-order valence-corrected chi connectivity index (χ1v) is 7.66. The third kappa shape index (κ3) is 5.76. The lowest BCUT2D eigenvalue weighted by atomic mass is 9.90. The molecule has 1 fully saturated rings. The lowest BCUT2D eigenvalue weighted by molar-refractivity contribution is 0.0490. The van der Waals surface area contributed by atoms with Gasteiger partial charge < -0.3 is 15.4 Å². The molecule has 1 saturated heterocycles. The fourth-order valence-corrected chi connectivity index (χ4v) is 2.72. The van der Waals surface area contributed by atoms with Gasteiger partial charge in [0, 0.05) is 12.6 Å². The number of carbonyl (C=O) groups is 1. The monoisotopic (exact) mass is 290 g/mol. The fraction of sp³-hybridized carbons (Fsp3) is 0.588. The van der Waals surface area contributed by atoms with Gasteiger partial charge in [-0.2, -0.15) is 0 Å². The van der Waals surface area contributed by atoms with E-state index < -0.39 is 5.60 Å². The molecule has 1 aliphatic rings. The maximum atomic E-state index is 11.8. The molecule has 1 aromatic rings. The zero-order valence-corrected chi connectivity index (χ0v) is 13.2. The van der Waals surface area contributed by atoms with Gasteiger partial charge in [0.1, 0.15) is 5.60 Å². The number of ether oxygens (including phenoxy) is 1. The first kappa shape index (κ1) is 15.8. The third-order valence-electron chi connectivity index (χ3n) is 3.53. The summed E-state index contributed by atoms with van der Waals surface area (Å²) >= 11 is 0. The summed E-state index contributed by atoms with van der Waals surface area (Å²) in [4.78, 5) is 11.8. The van der Waals surface area contributed by atoms with Crippen molar-refractivity contribution >= 4 is 6.09 Å². The Labute approximate surface area is 127 Å². The second kappa shape index (κ2) is 6.94. The summed E-state index contributed by atoms with van der Waals surface area (Å²) < 4.78 is 5.32. The minimum absolute atomic E-state index is 0.141. The smallest absolute Gasteiger partial charge is 0.407 e. The number of rotatable bonds is 3. The standard InChI is InChI=1S/C17H26N2O2/c1-17(2,3)21-16(20)19-15-10-14(11-18-12-15)9-13-7-5-4-6-8-13/h4-8,14-15,18H,9-12H2,1-3H3,(H,19,20)/t14-,15-/m0/s1. The van der Waals surface area contributed by atoms with Crippen molar-refractivity contribution in [1.82, 2.24) is 10.6 Å². The van der Waals surface area contributed by atoms with E-state index in [-0.39, 0.29) is 12.1 Å². The van der Waals surface area contributed by atoms with Crippen LogP contribution >= 0.6 is 0 Å². The molecule has 116 valence electrons. The Hall–Kier alpha value is -1.55. The number of nitrogens with one attached hydrogen (secondary N) is 2. The summed E-state index contributed by atoms with van der Waals surface area (Å²) in [6.07, 6.45) is 1.70. The second-order valence-corrected chi connectivity index (χ2v) is 6.79. The molecule has 1 aromatic carbocycles. The summed E-state index contributed by atoms with van der Waals surface area (Å²) in [5, 5.41) is 6.37. The molecule has 4 nitrogen and oxygen atoms in total. The number of amides is 1. The Bertz CT molecular complexity index is 454. The van der Waals surface area contributed by atoms with E-state index in [1.807, 2.05) is 26.8 Å². The molecule has 0 spiro atoms. The van der Waals surface area contributed by atoms with E-state index in [0.29, 0.717) is 5.92 Å². The molecule has 1 aliphatic heterocycles. The van der Waals surface area contributed by atoms with Gasteiger partial charge in [0.25, 0.3) is 0 Å². The van der Waals surface area contributed by atoms with Gasteiger partial charge in [-0.25, -0.2) is 4.79 Å². The van der Waals surface area contributed by atoms with Crippen LogP contribution in [0.25, 0.3) is 0 Å². The summed E-state index contributed by atoms with van der Waals surface area (Å²) in [6.45, 7) is 7.45. The van der Waals surface area contributed by atoms with E-state index in [9.17, 15) is 4.79 Å². The normalized spacial score (nSPS) is 22.6. The predicted molar refractivity (Wildman–Crippen MR) is 84.3 cm³/mol. The van der Waals surface area contributed by atoms with Gasteiger partial charge in [-0.1, -0.05) is 30.3 Å². The van der Waals surface area contributed by atoms with Crippen LogP contribution in [0.15, 0.2) is 30.3 Å². The number of carbonyl (C=O) groups excluding carboxylic acids is 1. The number of hydrogen-bond acceptors (Lipinski definition) is 3. The summed E-state index contributed by atoms with van der Waals surface area (Å²) in [6, 6.07) is 10.6. The molecular formula is C17H26N2O2. The Kier molecular flexibility index (Phi) is 5.23. The largest absolute Gasteiger partial charge is 0.444 e. The van der Waals surface area contributed by atoms with Crippen molar-refractivity contribution in [3.8, 4) is 0 Å². The van der Waals surface area contributed by atoms with Gasteiger partial charge in [0.2, 0.25) is 0 Å². The molecule has 0 aromatic heterocycles.